The molecule has 0 aromatic heterocycles. The summed E-state index contributed by atoms with van der Waals surface area (Å²) in [5.41, 5.74) is 7.10. The van der Waals surface area contributed by atoms with Crippen LogP contribution >= 0.6 is 11.8 Å². The molecule has 0 aliphatic carbocycles. The van der Waals surface area contributed by atoms with E-state index in [4.69, 9.17) is 5.73 Å². The first-order chi connectivity index (χ1) is 6.63. The minimum absolute atomic E-state index is 0.376. The van der Waals surface area contributed by atoms with Gasteiger partial charge in [0.15, 0.2) is 0 Å². The lowest BCUT2D eigenvalue weighted by molar-refractivity contribution is 0.252. The van der Waals surface area contributed by atoms with Crippen LogP contribution in [0.1, 0.15) is 5.56 Å². The summed E-state index contributed by atoms with van der Waals surface area (Å²) >= 11 is 0.532. The van der Waals surface area contributed by atoms with Crippen LogP contribution in [-0.4, -0.2) is 12.3 Å². The van der Waals surface area contributed by atoms with Crippen molar-refractivity contribution in [2.75, 3.05) is 6.54 Å². The highest BCUT2D eigenvalue weighted by atomic mass is 32.2. The van der Waals surface area contributed by atoms with E-state index in [1.165, 1.54) is 0 Å². The maximum atomic E-state index is 12.0. The first-order valence-electron chi connectivity index (χ1n) is 4.06. The summed E-state index contributed by atoms with van der Waals surface area (Å²) in [5, 5.41) is 0. The summed E-state index contributed by atoms with van der Waals surface area (Å²) in [6, 6.07) is 6.79. The molecule has 0 aliphatic rings. The van der Waals surface area contributed by atoms with Gasteiger partial charge in [0.05, 0.1) is 0 Å². The number of rotatable bonds is 4. The van der Waals surface area contributed by atoms with Crippen molar-refractivity contribution in [2.24, 2.45) is 5.73 Å². The summed E-state index contributed by atoms with van der Waals surface area (Å²) in [5.74, 6) is -2.38. The smallest absolute Gasteiger partial charge is 0.288 e. The number of hydrogen-bond donors (Lipinski definition) is 1. The fraction of sp³-hybridized carbons (Fsp3) is 0.200. The Morgan fingerprint density at radius 1 is 1.36 bits per heavy atom. The second-order valence-corrected chi connectivity index (χ2v) is 3.77. The Morgan fingerprint density at radius 3 is 2.36 bits per heavy atom. The Labute approximate surface area is 86.0 Å². The first kappa shape index (κ1) is 11.2. The average molecular weight is 215 g/mol. The van der Waals surface area contributed by atoms with Crippen molar-refractivity contribution in [3.63, 3.8) is 0 Å². The Balaban J connectivity index is 2.73. The number of hydrogen-bond acceptors (Lipinski definition) is 2. The van der Waals surface area contributed by atoms with Crippen LogP contribution in [0.5, 0.6) is 0 Å². The molecule has 0 heterocycles. The van der Waals surface area contributed by atoms with E-state index in [1.54, 1.807) is 24.3 Å². The molecule has 0 aliphatic heterocycles. The number of nitrogens with two attached hydrogens (primary N) is 1. The van der Waals surface area contributed by atoms with Crippen molar-refractivity contribution < 1.29 is 8.78 Å². The lowest BCUT2D eigenvalue weighted by Crippen LogP contribution is -2.00. The molecule has 0 unspecified atom stereocenters. The zero-order valence-corrected chi connectivity index (χ0v) is 8.36. The van der Waals surface area contributed by atoms with Crippen LogP contribution in [0.15, 0.2) is 35.7 Å². The second kappa shape index (κ2) is 5.12. The largest absolute Gasteiger partial charge is 0.326 e. The summed E-state index contributed by atoms with van der Waals surface area (Å²) in [6.07, 6.45) is 0. The summed E-state index contributed by atoms with van der Waals surface area (Å²) < 4.78 is 23.9. The molecule has 2 N–H and O–H groups in total. The van der Waals surface area contributed by atoms with E-state index < -0.39 is 5.76 Å². The zero-order valence-electron chi connectivity index (χ0n) is 7.54. The van der Waals surface area contributed by atoms with Crippen molar-refractivity contribution in [3.8, 4) is 0 Å². The lowest BCUT2D eigenvalue weighted by Gasteiger charge is -2.04. The van der Waals surface area contributed by atoms with Crippen molar-refractivity contribution in [1.29, 1.82) is 0 Å². The van der Waals surface area contributed by atoms with Crippen molar-refractivity contribution in [3.05, 3.63) is 36.4 Å². The fourth-order valence-corrected chi connectivity index (χ4v) is 1.49. The quantitative estimate of drug-likeness (QED) is 0.781. The van der Waals surface area contributed by atoms with E-state index in [0.29, 0.717) is 23.2 Å². The Kier molecular flexibility index (Phi) is 4.10. The van der Waals surface area contributed by atoms with E-state index >= 15 is 0 Å². The highest BCUT2D eigenvalue weighted by Gasteiger charge is 2.04. The predicted molar refractivity (Wildman–Crippen MR) is 56.4 cm³/mol. The fourth-order valence-electron chi connectivity index (χ4n) is 0.990. The minimum atomic E-state index is -2.38. The third kappa shape index (κ3) is 3.12. The summed E-state index contributed by atoms with van der Waals surface area (Å²) in [4.78, 5) is 0.550. The number of alkyl halides is 2. The molecule has 14 heavy (non-hydrogen) atoms. The van der Waals surface area contributed by atoms with E-state index in [9.17, 15) is 8.78 Å². The van der Waals surface area contributed by atoms with Crippen molar-refractivity contribution in [1.82, 2.24) is 0 Å². The molecule has 76 valence electrons. The lowest BCUT2D eigenvalue weighted by atomic mass is 10.1. The van der Waals surface area contributed by atoms with E-state index in [0.717, 1.165) is 11.1 Å². The van der Waals surface area contributed by atoms with Gasteiger partial charge in [0, 0.05) is 11.4 Å². The standard InChI is InChI=1S/C10H11F2NS/c1-7(6-13)8-2-4-9(5-3-8)14-10(11)12/h2-5,10H,1,6,13H2. The molecule has 1 rings (SSSR count). The van der Waals surface area contributed by atoms with Crippen LogP contribution in [0.25, 0.3) is 5.57 Å². The number of benzene rings is 1. The zero-order chi connectivity index (χ0) is 10.6. The van der Waals surface area contributed by atoms with Gasteiger partial charge in [-0.15, -0.1) is 0 Å². The molecular weight excluding hydrogens is 204 g/mol. The highest BCUT2D eigenvalue weighted by Crippen LogP contribution is 2.26. The van der Waals surface area contributed by atoms with Gasteiger partial charge in [-0.3, -0.25) is 0 Å². The minimum Gasteiger partial charge on any atom is -0.326 e. The summed E-state index contributed by atoms with van der Waals surface area (Å²) in [6.45, 7) is 4.13. The second-order valence-electron chi connectivity index (χ2n) is 2.71. The normalized spacial score (nSPS) is 10.6. The molecule has 0 fully saturated rings. The average Bonchev–Trinajstić information content (AvgIpc) is 2.17. The molecule has 0 atom stereocenters. The van der Waals surface area contributed by atoms with Gasteiger partial charge >= 0.3 is 0 Å². The van der Waals surface area contributed by atoms with Gasteiger partial charge in [-0.1, -0.05) is 30.5 Å². The first-order valence-corrected chi connectivity index (χ1v) is 4.94. The van der Waals surface area contributed by atoms with Crippen LogP contribution in [0.3, 0.4) is 0 Å². The molecule has 1 aromatic carbocycles. The molecule has 0 bridgehead atoms. The van der Waals surface area contributed by atoms with Crippen LogP contribution in [0.2, 0.25) is 0 Å². The molecule has 0 amide bonds. The summed E-state index contributed by atoms with van der Waals surface area (Å²) in [7, 11) is 0. The van der Waals surface area contributed by atoms with Crippen molar-refractivity contribution in [2.45, 2.75) is 10.7 Å². The van der Waals surface area contributed by atoms with Gasteiger partial charge in [-0.05, 0) is 23.3 Å². The maximum Gasteiger partial charge on any atom is 0.288 e. The molecule has 0 saturated heterocycles. The Morgan fingerprint density at radius 2 is 1.93 bits per heavy atom. The molecular formula is C10H11F2NS. The maximum absolute atomic E-state index is 12.0. The molecule has 4 heteroatoms. The SMILES string of the molecule is C=C(CN)c1ccc(SC(F)F)cc1. The highest BCUT2D eigenvalue weighted by molar-refractivity contribution is 7.99. The van der Waals surface area contributed by atoms with E-state index in [1.807, 2.05) is 0 Å². The van der Waals surface area contributed by atoms with Crippen molar-refractivity contribution >= 4 is 17.3 Å². The molecule has 1 nitrogen and oxygen atoms in total. The van der Waals surface area contributed by atoms with Crippen LogP contribution < -0.4 is 5.73 Å². The van der Waals surface area contributed by atoms with Crippen LogP contribution in [0, 0.1) is 0 Å². The van der Waals surface area contributed by atoms with E-state index in [-0.39, 0.29) is 0 Å². The molecule has 0 radical (unpaired) electrons. The van der Waals surface area contributed by atoms with Gasteiger partial charge in [-0.2, -0.15) is 8.78 Å². The number of thioether (sulfide) groups is 1. The monoisotopic (exact) mass is 215 g/mol. The van der Waals surface area contributed by atoms with Crippen LogP contribution in [0.4, 0.5) is 8.78 Å². The van der Waals surface area contributed by atoms with E-state index in [2.05, 4.69) is 6.58 Å². The Hall–Kier alpha value is -0.870. The van der Waals surface area contributed by atoms with Gasteiger partial charge in [0.1, 0.15) is 0 Å². The van der Waals surface area contributed by atoms with Gasteiger partial charge < -0.3 is 5.73 Å². The molecule has 1 aromatic rings. The van der Waals surface area contributed by atoms with Gasteiger partial charge in [0.25, 0.3) is 5.76 Å². The van der Waals surface area contributed by atoms with Crippen LogP contribution in [-0.2, 0) is 0 Å². The van der Waals surface area contributed by atoms with Gasteiger partial charge in [-0.25, -0.2) is 0 Å². The third-order valence-electron chi connectivity index (χ3n) is 1.73. The number of halogens is 2. The third-order valence-corrected chi connectivity index (χ3v) is 2.46. The molecule has 0 saturated carbocycles. The molecule has 0 spiro atoms. The van der Waals surface area contributed by atoms with Gasteiger partial charge in [0.2, 0.25) is 0 Å². The topological polar surface area (TPSA) is 26.0 Å². The Bertz CT molecular complexity index is 308. The predicted octanol–water partition coefficient (Wildman–Crippen LogP) is 2.97.